The van der Waals surface area contributed by atoms with Crippen molar-refractivity contribution in [3.63, 3.8) is 0 Å². The molecule has 1 nitrogen and oxygen atoms in total. The van der Waals surface area contributed by atoms with E-state index in [4.69, 9.17) is 0 Å². The van der Waals surface area contributed by atoms with Gasteiger partial charge in [0.1, 0.15) is 0 Å². The van der Waals surface area contributed by atoms with E-state index in [1.807, 2.05) is 11.8 Å². The number of hydrogen-bond donors (Lipinski definition) is 1. The maximum atomic E-state index is 10.0. The van der Waals surface area contributed by atoms with E-state index in [0.717, 1.165) is 24.2 Å². The second-order valence-corrected chi connectivity index (χ2v) is 6.61. The Morgan fingerprint density at radius 3 is 2.64 bits per heavy atom. The fourth-order valence-electron chi connectivity index (χ4n) is 3.17. The lowest BCUT2D eigenvalue weighted by Gasteiger charge is -2.33. The van der Waals surface area contributed by atoms with Crippen molar-refractivity contribution in [2.45, 2.75) is 38.2 Å². The summed E-state index contributed by atoms with van der Waals surface area (Å²) in [6.45, 7) is 0. The van der Waals surface area contributed by atoms with Gasteiger partial charge in [-0.3, -0.25) is 0 Å². The van der Waals surface area contributed by atoms with E-state index < -0.39 is 0 Å². The van der Waals surface area contributed by atoms with E-state index in [2.05, 4.69) is 0 Å². The van der Waals surface area contributed by atoms with Crippen molar-refractivity contribution in [3.05, 3.63) is 0 Å². The van der Waals surface area contributed by atoms with Crippen LogP contribution in [-0.2, 0) is 0 Å². The number of aliphatic hydroxyl groups excluding tert-OH is 1. The van der Waals surface area contributed by atoms with Gasteiger partial charge in [0.25, 0.3) is 0 Å². The van der Waals surface area contributed by atoms with Gasteiger partial charge in [-0.2, -0.15) is 11.8 Å². The van der Waals surface area contributed by atoms with Crippen molar-refractivity contribution in [2.75, 3.05) is 11.5 Å². The molecule has 0 aromatic rings. The highest BCUT2D eigenvalue weighted by Crippen LogP contribution is 2.52. The maximum absolute atomic E-state index is 10.0. The van der Waals surface area contributed by atoms with E-state index in [0.29, 0.717) is 5.92 Å². The quantitative estimate of drug-likeness (QED) is 0.776. The van der Waals surface area contributed by atoms with E-state index in [1.165, 1.54) is 37.2 Å². The van der Waals surface area contributed by atoms with Crippen LogP contribution in [0.25, 0.3) is 0 Å². The Kier molecular flexibility index (Phi) is 2.53. The van der Waals surface area contributed by atoms with E-state index in [9.17, 15) is 5.11 Å². The summed E-state index contributed by atoms with van der Waals surface area (Å²) < 4.78 is 0. The van der Waals surface area contributed by atoms with Gasteiger partial charge in [-0.15, -0.1) is 0 Å². The first kappa shape index (κ1) is 9.53. The first-order valence-corrected chi connectivity index (χ1v) is 7.24. The fourth-order valence-corrected chi connectivity index (χ4v) is 4.12. The molecule has 3 fully saturated rings. The average Bonchev–Trinajstić information content (AvgIpc) is 2.78. The van der Waals surface area contributed by atoms with Crippen LogP contribution in [0.4, 0.5) is 0 Å². The zero-order chi connectivity index (χ0) is 9.54. The Balaban J connectivity index is 1.46. The highest BCUT2D eigenvalue weighted by molar-refractivity contribution is 8.00. The van der Waals surface area contributed by atoms with Gasteiger partial charge in [-0.25, -0.2) is 0 Å². The molecule has 3 rings (SSSR count). The van der Waals surface area contributed by atoms with Crippen molar-refractivity contribution in [1.82, 2.24) is 0 Å². The smallest absolute Gasteiger partial charge is 0.0586 e. The summed E-state index contributed by atoms with van der Waals surface area (Å²) in [7, 11) is 0. The molecule has 1 heterocycles. The summed E-state index contributed by atoms with van der Waals surface area (Å²) in [5.41, 5.74) is 0. The van der Waals surface area contributed by atoms with E-state index >= 15 is 0 Å². The topological polar surface area (TPSA) is 20.2 Å². The number of aliphatic hydroxyl groups is 1. The van der Waals surface area contributed by atoms with Gasteiger partial charge >= 0.3 is 0 Å². The van der Waals surface area contributed by atoms with Crippen molar-refractivity contribution in [2.24, 2.45) is 23.7 Å². The van der Waals surface area contributed by atoms with Crippen LogP contribution >= 0.6 is 11.8 Å². The van der Waals surface area contributed by atoms with Gasteiger partial charge < -0.3 is 5.11 Å². The van der Waals surface area contributed by atoms with Crippen molar-refractivity contribution in [1.29, 1.82) is 0 Å². The molecule has 4 atom stereocenters. The standard InChI is InChI=1S/C12H20OS/c13-12(11-6-14-7-11)4-8-1-2-9-5-10(9)3-8/h8-13H,1-7H2. The third-order valence-electron chi connectivity index (χ3n) is 4.43. The van der Waals surface area contributed by atoms with Gasteiger partial charge in [0.05, 0.1) is 6.10 Å². The molecule has 2 aliphatic carbocycles. The first-order valence-electron chi connectivity index (χ1n) is 6.08. The van der Waals surface area contributed by atoms with E-state index in [1.54, 1.807) is 0 Å². The second-order valence-electron chi connectivity index (χ2n) is 5.54. The number of thioether (sulfide) groups is 1. The van der Waals surface area contributed by atoms with Crippen LogP contribution in [0, 0.1) is 23.7 Å². The van der Waals surface area contributed by atoms with Crippen LogP contribution in [-0.4, -0.2) is 22.7 Å². The van der Waals surface area contributed by atoms with Crippen LogP contribution in [0.1, 0.15) is 32.1 Å². The molecular weight excluding hydrogens is 192 g/mol. The normalized spacial score (nSPS) is 43.9. The largest absolute Gasteiger partial charge is 0.393 e. The zero-order valence-corrected chi connectivity index (χ0v) is 9.51. The fraction of sp³-hybridized carbons (Fsp3) is 1.00. The summed E-state index contributed by atoms with van der Waals surface area (Å²) in [4.78, 5) is 0. The highest BCUT2D eigenvalue weighted by atomic mass is 32.2. The summed E-state index contributed by atoms with van der Waals surface area (Å²) in [5, 5.41) is 10.0. The molecule has 0 bridgehead atoms. The Morgan fingerprint density at radius 2 is 2.00 bits per heavy atom. The molecule has 1 N–H and O–H groups in total. The summed E-state index contributed by atoms with van der Waals surface area (Å²) in [6.07, 6.45) is 6.93. The minimum Gasteiger partial charge on any atom is -0.393 e. The van der Waals surface area contributed by atoms with Gasteiger partial charge in [-0.1, -0.05) is 6.42 Å². The molecule has 2 heteroatoms. The molecule has 1 aliphatic heterocycles. The molecule has 0 aromatic heterocycles. The molecule has 14 heavy (non-hydrogen) atoms. The minimum absolute atomic E-state index is 0.0246. The van der Waals surface area contributed by atoms with Crippen LogP contribution in [0.3, 0.4) is 0 Å². The lowest BCUT2D eigenvalue weighted by atomic mass is 9.83. The summed E-state index contributed by atoms with van der Waals surface area (Å²) in [6, 6.07) is 0. The predicted octanol–water partition coefficient (Wildman–Crippen LogP) is 2.54. The van der Waals surface area contributed by atoms with Gasteiger partial charge in [0.15, 0.2) is 0 Å². The zero-order valence-electron chi connectivity index (χ0n) is 8.69. The van der Waals surface area contributed by atoms with Crippen LogP contribution < -0.4 is 0 Å². The molecule has 1 saturated heterocycles. The molecule has 0 aromatic carbocycles. The molecule has 0 radical (unpaired) electrons. The summed E-state index contributed by atoms with van der Waals surface area (Å²) in [5.74, 6) is 6.08. The second kappa shape index (κ2) is 3.71. The molecule has 0 spiro atoms. The van der Waals surface area contributed by atoms with Crippen molar-refractivity contribution < 1.29 is 5.11 Å². The molecule has 3 aliphatic rings. The van der Waals surface area contributed by atoms with Crippen molar-refractivity contribution >= 4 is 11.8 Å². The molecule has 0 amide bonds. The minimum atomic E-state index is 0.0246. The highest BCUT2D eigenvalue weighted by Gasteiger charge is 2.42. The average molecular weight is 212 g/mol. The Morgan fingerprint density at radius 1 is 1.14 bits per heavy atom. The number of fused-ring (bicyclic) bond motifs is 1. The summed E-state index contributed by atoms with van der Waals surface area (Å²) >= 11 is 1.98. The molecule has 4 unspecified atom stereocenters. The van der Waals surface area contributed by atoms with Crippen LogP contribution in [0.5, 0.6) is 0 Å². The lowest BCUT2D eigenvalue weighted by Crippen LogP contribution is -2.33. The lowest BCUT2D eigenvalue weighted by molar-refractivity contribution is 0.0871. The third kappa shape index (κ3) is 1.83. The molecule has 80 valence electrons. The van der Waals surface area contributed by atoms with Gasteiger partial charge in [0, 0.05) is 5.92 Å². The number of rotatable bonds is 3. The number of hydrogen-bond acceptors (Lipinski definition) is 2. The maximum Gasteiger partial charge on any atom is 0.0586 e. The predicted molar refractivity (Wildman–Crippen MR) is 60.4 cm³/mol. The van der Waals surface area contributed by atoms with Crippen molar-refractivity contribution in [3.8, 4) is 0 Å². The molecular formula is C12H20OS. The Bertz CT molecular complexity index is 214. The van der Waals surface area contributed by atoms with Gasteiger partial charge in [0.2, 0.25) is 0 Å². The molecule has 2 saturated carbocycles. The Hall–Kier alpha value is 0.310. The van der Waals surface area contributed by atoms with Gasteiger partial charge in [-0.05, 0) is 54.9 Å². The van der Waals surface area contributed by atoms with E-state index in [-0.39, 0.29) is 6.10 Å². The monoisotopic (exact) mass is 212 g/mol. The third-order valence-corrected chi connectivity index (χ3v) is 5.76. The van der Waals surface area contributed by atoms with Crippen LogP contribution in [0.2, 0.25) is 0 Å². The first-order chi connectivity index (χ1) is 6.83. The SMILES string of the molecule is OC(CC1CCC2CC2C1)C1CSC1. The Labute approximate surface area is 90.7 Å². The van der Waals surface area contributed by atoms with Crippen LogP contribution in [0.15, 0.2) is 0 Å².